The SMILES string of the molecule is O=C(NCc1ccc(-c2cnco2)cc1)c1cn(C2CCCNCC2)nn1. The van der Waals surface area contributed by atoms with Gasteiger partial charge in [0.05, 0.1) is 18.4 Å². The molecule has 27 heavy (non-hydrogen) atoms. The third-order valence-corrected chi connectivity index (χ3v) is 4.79. The molecule has 1 aromatic carbocycles. The molecule has 0 saturated carbocycles. The van der Waals surface area contributed by atoms with Crippen LogP contribution in [0.25, 0.3) is 11.3 Å². The van der Waals surface area contributed by atoms with E-state index < -0.39 is 0 Å². The van der Waals surface area contributed by atoms with Crippen LogP contribution >= 0.6 is 0 Å². The average Bonchev–Trinajstić information content (AvgIpc) is 3.34. The summed E-state index contributed by atoms with van der Waals surface area (Å²) < 4.78 is 7.10. The predicted octanol–water partition coefficient (Wildman–Crippen LogP) is 2.18. The average molecular weight is 366 g/mol. The van der Waals surface area contributed by atoms with Gasteiger partial charge in [-0.05, 0) is 37.9 Å². The highest BCUT2D eigenvalue weighted by atomic mass is 16.3. The Bertz CT molecular complexity index is 864. The van der Waals surface area contributed by atoms with Crippen LogP contribution in [0, 0.1) is 0 Å². The lowest BCUT2D eigenvalue weighted by Gasteiger charge is -2.12. The first-order valence-electron chi connectivity index (χ1n) is 9.18. The van der Waals surface area contributed by atoms with Crippen molar-refractivity contribution < 1.29 is 9.21 Å². The van der Waals surface area contributed by atoms with Crippen molar-refractivity contribution >= 4 is 5.91 Å². The quantitative estimate of drug-likeness (QED) is 0.718. The van der Waals surface area contributed by atoms with Gasteiger partial charge in [-0.15, -0.1) is 5.10 Å². The maximum Gasteiger partial charge on any atom is 0.273 e. The normalized spacial score (nSPS) is 17.4. The van der Waals surface area contributed by atoms with Crippen LogP contribution in [0.3, 0.4) is 0 Å². The van der Waals surface area contributed by atoms with Gasteiger partial charge in [-0.1, -0.05) is 29.5 Å². The Labute approximate surface area is 157 Å². The molecule has 0 radical (unpaired) electrons. The van der Waals surface area contributed by atoms with Gasteiger partial charge in [-0.3, -0.25) is 4.79 Å². The van der Waals surface area contributed by atoms with Crippen LogP contribution in [0.15, 0.2) is 47.5 Å². The van der Waals surface area contributed by atoms with E-state index in [1.807, 2.05) is 28.9 Å². The summed E-state index contributed by atoms with van der Waals surface area (Å²) >= 11 is 0. The lowest BCUT2D eigenvalue weighted by Crippen LogP contribution is -2.23. The van der Waals surface area contributed by atoms with Crippen molar-refractivity contribution in [2.75, 3.05) is 13.1 Å². The van der Waals surface area contributed by atoms with Crippen molar-refractivity contribution in [3.05, 3.63) is 54.3 Å². The molecule has 1 aliphatic heterocycles. The third kappa shape index (κ3) is 4.22. The standard InChI is InChI=1S/C19H22N6O2/c26-19(17-12-25(24-23-17)16-2-1-8-20-9-7-16)22-10-14-3-5-15(6-4-14)18-11-21-13-27-18/h3-6,11-13,16,20H,1-2,7-10H2,(H,22,26). The number of nitrogens with zero attached hydrogens (tertiary/aromatic N) is 4. The number of carbonyl (C=O) groups is 1. The molecule has 1 unspecified atom stereocenters. The fourth-order valence-electron chi connectivity index (χ4n) is 3.24. The summed E-state index contributed by atoms with van der Waals surface area (Å²) in [6.45, 7) is 2.43. The molecular weight excluding hydrogens is 344 g/mol. The number of hydrogen-bond donors (Lipinski definition) is 2. The van der Waals surface area contributed by atoms with Gasteiger partial charge in [0.15, 0.2) is 17.8 Å². The zero-order chi connectivity index (χ0) is 18.5. The Kier molecular flexibility index (Phi) is 5.24. The van der Waals surface area contributed by atoms with Gasteiger partial charge in [0.1, 0.15) is 0 Å². The molecule has 1 aliphatic rings. The zero-order valence-electron chi connectivity index (χ0n) is 15.0. The molecule has 8 heteroatoms. The van der Waals surface area contributed by atoms with Gasteiger partial charge in [0.25, 0.3) is 5.91 Å². The van der Waals surface area contributed by atoms with Crippen LogP contribution in [0.4, 0.5) is 0 Å². The van der Waals surface area contributed by atoms with E-state index in [0.29, 0.717) is 18.3 Å². The van der Waals surface area contributed by atoms with Crippen LogP contribution in [0.2, 0.25) is 0 Å². The van der Waals surface area contributed by atoms with Crippen LogP contribution in [-0.2, 0) is 6.54 Å². The lowest BCUT2D eigenvalue weighted by molar-refractivity contribution is 0.0946. The minimum absolute atomic E-state index is 0.215. The molecule has 1 saturated heterocycles. The van der Waals surface area contributed by atoms with E-state index in [0.717, 1.165) is 49.2 Å². The number of benzene rings is 1. The first-order valence-corrected chi connectivity index (χ1v) is 9.18. The van der Waals surface area contributed by atoms with Crippen molar-refractivity contribution in [1.82, 2.24) is 30.6 Å². The number of rotatable bonds is 5. The Morgan fingerprint density at radius 3 is 2.96 bits per heavy atom. The van der Waals surface area contributed by atoms with Crippen LogP contribution in [-0.4, -0.2) is 39.0 Å². The number of amides is 1. The van der Waals surface area contributed by atoms with Gasteiger partial charge < -0.3 is 15.1 Å². The second kappa shape index (κ2) is 8.13. The first kappa shape index (κ1) is 17.4. The van der Waals surface area contributed by atoms with E-state index >= 15 is 0 Å². The van der Waals surface area contributed by atoms with Gasteiger partial charge in [-0.2, -0.15) is 0 Å². The fourth-order valence-corrected chi connectivity index (χ4v) is 3.24. The summed E-state index contributed by atoms with van der Waals surface area (Å²) in [6.07, 6.45) is 7.98. The van der Waals surface area contributed by atoms with Crippen LogP contribution in [0.1, 0.15) is 41.4 Å². The van der Waals surface area contributed by atoms with E-state index in [2.05, 4.69) is 25.9 Å². The largest absolute Gasteiger partial charge is 0.444 e. The molecule has 2 N–H and O–H groups in total. The summed E-state index contributed by atoms with van der Waals surface area (Å²) in [4.78, 5) is 16.3. The zero-order valence-corrected chi connectivity index (χ0v) is 15.0. The van der Waals surface area contributed by atoms with Crippen molar-refractivity contribution in [1.29, 1.82) is 0 Å². The minimum atomic E-state index is -0.215. The second-order valence-electron chi connectivity index (χ2n) is 6.66. The molecule has 1 fully saturated rings. The molecule has 0 spiro atoms. The second-order valence-corrected chi connectivity index (χ2v) is 6.66. The smallest absolute Gasteiger partial charge is 0.273 e. The summed E-state index contributed by atoms with van der Waals surface area (Å²) in [5.74, 6) is 0.503. The van der Waals surface area contributed by atoms with Crippen molar-refractivity contribution in [3.63, 3.8) is 0 Å². The summed E-state index contributed by atoms with van der Waals surface area (Å²) in [7, 11) is 0. The Morgan fingerprint density at radius 1 is 1.26 bits per heavy atom. The molecule has 2 aromatic heterocycles. The minimum Gasteiger partial charge on any atom is -0.444 e. The van der Waals surface area contributed by atoms with Gasteiger partial charge >= 0.3 is 0 Å². The van der Waals surface area contributed by atoms with Gasteiger partial charge in [0.2, 0.25) is 0 Å². The molecule has 0 bridgehead atoms. The van der Waals surface area contributed by atoms with Crippen LogP contribution < -0.4 is 10.6 Å². The number of nitrogens with one attached hydrogen (secondary N) is 2. The number of hydrogen-bond acceptors (Lipinski definition) is 6. The van der Waals surface area contributed by atoms with Gasteiger partial charge in [-0.25, -0.2) is 9.67 Å². The third-order valence-electron chi connectivity index (χ3n) is 4.79. The van der Waals surface area contributed by atoms with E-state index in [1.54, 1.807) is 12.4 Å². The van der Waals surface area contributed by atoms with Crippen molar-refractivity contribution in [3.8, 4) is 11.3 Å². The fraction of sp³-hybridized carbons (Fsp3) is 0.368. The molecule has 140 valence electrons. The maximum absolute atomic E-state index is 12.4. The highest BCUT2D eigenvalue weighted by Gasteiger charge is 2.18. The van der Waals surface area contributed by atoms with Crippen molar-refractivity contribution in [2.24, 2.45) is 0 Å². The molecule has 1 amide bonds. The highest BCUT2D eigenvalue weighted by Crippen LogP contribution is 2.20. The first-order chi connectivity index (χ1) is 13.3. The summed E-state index contributed by atoms with van der Waals surface area (Å²) in [5, 5.41) is 14.5. The molecule has 3 aromatic rings. The topological polar surface area (TPSA) is 97.9 Å². The van der Waals surface area contributed by atoms with Crippen LogP contribution in [0.5, 0.6) is 0 Å². The van der Waals surface area contributed by atoms with E-state index in [1.165, 1.54) is 6.39 Å². The predicted molar refractivity (Wildman–Crippen MR) is 98.9 cm³/mol. The highest BCUT2D eigenvalue weighted by molar-refractivity contribution is 5.91. The van der Waals surface area contributed by atoms with Gasteiger partial charge in [0, 0.05) is 12.1 Å². The van der Waals surface area contributed by atoms with E-state index in [9.17, 15) is 4.79 Å². The number of oxazole rings is 1. The molecule has 1 atom stereocenters. The molecule has 8 nitrogen and oxygen atoms in total. The summed E-state index contributed by atoms with van der Waals surface area (Å²) in [5.41, 5.74) is 2.29. The Morgan fingerprint density at radius 2 is 2.15 bits per heavy atom. The molecule has 3 heterocycles. The molecular formula is C19H22N6O2. The Balaban J connectivity index is 1.34. The van der Waals surface area contributed by atoms with E-state index in [-0.39, 0.29) is 5.91 Å². The monoisotopic (exact) mass is 366 g/mol. The lowest BCUT2D eigenvalue weighted by atomic mass is 10.1. The Hall–Kier alpha value is -3.00. The number of carbonyl (C=O) groups excluding carboxylic acids is 1. The summed E-state index contributed by atoms with van der Waals surface area (Å²) in [6, 6.07) is 8.09. The molecule has 4 rings (SSSR count). The molecule has 0 aliphatic carbocycles. The van der Waals surface area contributed by atoms with Crippen molar-refractivity contribution in [2.45, 2.75) is 31.8 Å². The maximum atomic E-state index is 12.4. The number of aromatic nitrogens is 4. The van der Waals surface area contributed by atoms with E-state index in [4.69, 9.17) is 4.42 Å².